The quantitative estimate of drug-likeness (QED) is 0.224. The fourth-order valence-electron chi connectivity index (χ4n) is 5.08. The molecule has 1 unspecified atom stereocenters. The number of halogens is 2. The Labute approximate surface area is 249 Å². The minimum Gasteiger partial charge on any atom is -0.353 e. The molecule has 0 radical (unpaired) electrons. The van der Waals surface area contributed by atoms with E-state index in [4.69, 9.17) is 28.2 Å². The van der Waals surface area contributed by atoms with Gasteiger partial charge in [-0.3, -0.25) is 14.5 Å². The topological polar surface area (TPSA) is 72.9 Å². The van der Waals surface area contributed by atoms with Crippen LogP contribution < -0.4 is 4.90 Å². The van der Waals surface area contributed by atoms with E-state index in [1.165, 1.54) is 17.3 Å². The van der Waals surface area contributed by atoms with E-state index in [9.17, 15) is 9.59 Å². The Kier molecular flexibility index (Phi) is 9.47. The van der Waals surface area contributed by atoms with Gasteiger partial charge in [-0.05, 0) is 24.6 Å². The average molecular weight is 600 g/mol. The number of aromatic nitrogens is 2. The fourth-order valence-corrected chi connectivity index (χ4v) is 6.28. The van der Waals surface area contributed by atoms with Crippen LogP contribution in [0.1, 0.15) is 22.8 Å². The maximum absolute atomic E-state index is 13.1. The van der Waals surface area contributed by atoms with E-state index in [1.807, 2.05) is 34.9 Å². The molecule has 2 aliphatic heterocycles. The van der Waals surface area contributed by atoms with Crippen molar-refractivity contribution in [3.05, 3.63) is 82.0 Å². The van der Waals surface area contributed by atoms with Gasteiger partial charge in [-0.25, -0.2) is 9.97 Å². The Hall–Kier alpha value is -2.85. The van der Waals surface area contributed by atoms with Crippen LogP contribution in [-0.4, -0.2) is 94.1 Å². The van der Waals surface area contributed by atoms with Crippen LogP contribution >= 0.6 is 35.0 Å². The first-order valence-electron chi connectivity index (χ1n) is 13.4. The SMILES string of the molecule is CC1CN(c2cc(Cl)nc(SCC(=O)N3CCN(Cc4ccccc4)CC3)n2)CCN1C(=O)c1ccccc1Cl. The first-order chi connectivity index (χ1) is 19.4. The van der Waals surface area contributed by atoms with Gasteiger partial charge in [0.2, 0.25) is 5.91 Å². The second kappa shape index (κ2) is 13.2. The Morgan fingerprint density at radius 3 is 2.38 bits per heavy atom. The molecule has 2 aliphatic rings. The molecule has 2 amide bonds. The minimum absolute atomic E-state index is 0.0514. The number of benzene rings is 2. The van der Waals surface area contributed by atoms with Crippen LogP contribution in [0.15, 0.2) is 65.8 Å². The summed E-state index contributed by atoms with van der Waals surface area (Å²) < 4.78 is 0. The van der Waals surface area contributed by atoms with Gasteiger partial charge in [0, 0.05) is 64.5 Å². The van der Waals surface area contributed by atoms with Crippen molar-refractivity contribution in [2.75, 3.05) is 56.5 Å². The number of thioether (sulfide) groups is 1. The molecule has 0 bridgehead atoms. The summed E-state index contributed by atoms with van der Waals surface area (Å²) in [5.41, 5.74) is 1.80. The van der Waals surface area contributed by atoms with Gasteiger partial charge >= 0.3 is 0 Å². The third-order valence-electron chi connectivity index (χ3n) is 7.28. The standard InChI is InChI=1S/C29H32Cl2N6O2S/c1-21-18-36(15-16-37(21)28(39)23-9-5-6-10-24(23)30)26-17-25(31)32-29(33-26)40-20-27(38)35-13-11-34(12-14-35)19-22-7-3-2-4-8-22/h2-10,17,21H,11-16,18-20H2,1H3. The molecule has 1 aromatic heterocycles. The van der Waals surface area contributed by atoms with Crippen LogP contribution in [0.5, 0.6) is 0 Å². The summed E-state index contributed by atoms with van der Waals surface area (Å²) in [6.45, 7) is 7.77. The van der Waals surface area contributed by atoms with Crippen LogP contribution in [-0.2, 0) is 11.3 Å². The number of anilines is 1. The summed E-state index contributed by atoms with van der Waals surface area (Å²) >= 11 is 13.9. The van der Waals surface area contributed by atoms with Crippen LogP contribution in [0.4, 0.5) is 5.82 Å². The molecule has 11 heteroatoms. The molecular weight excluding hydrogens is 567 g/mol. The largest absolute Gasteiger partial charge is 0.353 e. The lowest BCUT2D eigenvalue weighted by atomic mass is 10.1. The van der Waals surface area contributed by atoms with Crippen molar-refractivity contribution in [2.45, 2.75) is 24.7 Å². The lowest BCUT2D eigenvalue weighted by molar-refractivity contribution is -0.130. The van der Waals surface area contributed by atoms with E-state index in [1.54, 1.807) is 18.2 Å². The first kappa shape index (κ1) is 28.7. The summed E-state index contributed by atoms with van der Waals surface area (Å²) in [5.74, 6) is 0.958. The van der Waals surface area contributed by atoms with Gasteiger partial charge in [0.25, 0.3) is 5.91 Å². The van der Waals surface area contributed by atoms with Crippen LogP contribution in [0.2, 0.25) is 10.2 Å². The van der Waals surface area contributed by atoms with Crippen LogP contribution in [0.3, 0.4) is 0 Å². The lowest BCUT2D eigenvalue weighted by Crippen LogP contribution is -2.54. The van der Waals surface area contributed by atoms with E-state index >= 15 is 0 Å². The highest BCUT2D eigenvalue weighted by Crippen LogP contribution is 2.26. The summed E-state index contributed by atoms with van der Waals surface area (Å²) in [6, 6.07) is 19.2. The summed E-state index contributed by atoms with van der Waals surface area (Å²) in [6.07, 6.45) is 0. The van der Waals surface area contributed by atoms with E-state index < -0.39 is 0 Å². The highest BCUT2D eigenvalue weighted by atomic mass is 35.5. The van der Waals surface area contributed by atoms with Crippen LogP contribution in [0.25, 0.3) is 0 Å². The fraction of sp³-hybridized carbons (Fsp3) is 0.379. The van der Waals surface area contributed by atoms with Crippen molar-refractivity contribution < 1.29 is 9.59 Å². The number of rotatable bonds is 7. The van der Waals surface area contributed by atoms with Gasteiger partial charge in [-0.1, -0.05) is 77.4 Å². The van der Waals surface area contributed by atoms with Gasteiger partial charge in [0.05, 0.1) is 16.3 Å². The highest BCUT2D eigenvalue weighted by Gasteiger charge is 2.30. The van der Waals surface area contributed by atoms with Crippen molar-refractivity contribution in [2.24, 2.45) is 0 Å². The molecule has 0 spiro atoms. The van der Waals surface area contributed by atoms with Crippen molar-refractivity contribution in [1.29, 1.82) is 0 Å². The number of amides is 2. The molecule has 2 saturated heterocycles. The van der Waals surface area contributed by atoms with Crippen molar-refractivity contribution >= 4 is 52.6 Å². The smallest absolute Gasteiger partial charge is 0.255 e. The minimum atomic E-state index is -0.0749. The van der Waals surface area contributed by atoms with E-state index in [0.717, 1.165) is 19.6 Å². The summed E-state index contributed by atoms with van der Waals surface area (Å²) in [7, 11) is 0. The zero-order chi connectivity index (χ0) is 28.1. The Morgan fingerprint density at radius 2 is 1.65 bits per heavy atom. The van der Waals surface area contributed by atoms with Gasteiger partial charge in [-0.2, -0.15) is 0 Å². The third-order valence-corrected chi connectivity index (χ3v) is 8.63. The molecule has 3 heterocycles. The molecule has 3 aromatic rings. The zero-order valence-corrected chi connectivity index (χ0v) is 24.7. The van der Waals surface area contributed by atoms with Gasteiger partial charge in [0.15, 0.2) is 5.16 Å². The maximum Gasteiger partial charge on any atom is 0.255 e. The Balaban J connectivity index is 1.13. The number of piperazine rings is 2. The Bertz CT molecular complexity index is 1340. The second-order valence-corrected chi connectivity index (χ2v) is 11.8. The Morgan fingerprint density at radius 1 is 0.925 bits per heavy atom. The molecular formula is C29H32Cl2N6O2S. The summed E-state index contributed by atoms with van der Waals surface area (Å²) in [4.78, 5) is 43.3. The normalized spacial score (nSPS) is 18.2. The van der Waals surface area contributed by atoms with Crippen molar-refractivity contribution in [3.63, 3.8) is 0 Å². The van der Waals surface area contributed by atoms with Gasteiger partial charge in [0.1, 0.15) is 11.0 Å². The number of carbonyl (C=O) groups excluding carboxylic acids is 2. The maximum atomic E-state index is 13.1. The molecule has 40 heavy (non-hydrogen) atoms. The molecule has 1 atom stereocenters. The highest BCUT2D eigenvalue weighted by molar-refractivity contribution is 7.99. The lowest BCUT2D eigenvalue weighted by Gasteiger charge is -2.40. The first-order valence-corrected chi connectivity index (χ1v) is 15.1. The third kappa shape index (κ3) is 7.07. The molecule has 5 rings (SSSR count). The molecule has 0 aliphatic carbocycles. The molecule has 2 fully saturated rings. The number of hydrogen-bond acceptors (Lipinski definition) is 7. The predicted molar refractivity (Wildman–Crippen MR) is 160 cm³/mol. The van der Waals surface area contributed by atoms with Gasteiger partial charge in [-0.15, -0.1) is 0 Å². The molecule has 0 saturated carbocycles. The van der Waals surface area contributed by atoms with Crippen molar-refractivity contribution in [3.8, 4) is 0 Å². The molecule has 0 N–H and O–H groups in total. The second-order valence-electron chi connectivity index (χ2n) is 10.0. The predicted octanol–water partition coefficient (Wildman–Crippen LogP) is 4.57. The van der Waals surface area contributed by atoms with E-state index in [0.29, 0.717) is 59.4 Å². The molecule has 2 aromatic carbocycles. The van der Waals surface area contributed by atoms with E-state index in [2.05, 4.69) is 39.0 Å². The number of carbonyl (C=O) groups is 2. The zero-order valence-electron chi connectivity index (χ0n) is 22.4. The monoisotopic (exact) mass is 598 g/mol. The van der Waals surface area contributed by atoms with Crippen LogP contribution in [0, 0.1) is 0 Å². The number of nitrogens with zero attached hydrogens (tertiary/aromatic N) is 6. The summed E-state index contributed by atoms with van der Waals surface area (Å²) in [5, 5.41) is 1.26. The number of hydrogen-bond donors (Lipinski definition) is 0. The molecule has 8 nitrogen and oxygen atoms in total. The average Bonchev–Trinajstić information content (AvgIpc) is 2.96. The van der Waals surface area contributed by atoms with Gasteiger partial charge < -0.3 is 14.7 Å². The molecule has 210 valence electrons. The van der Waals surface area contributed by atoms with E-state index in [-0.39, 0.29) is 23.6 Å². The van der Waals surface area contributed by atoms with Crippen molar-refractivity contribution in [1.82, 2.24) is 24.7 Å².